The molecule has 1 fully saturated rings. The van der Waals surface area contributed by atoms with Gasteiger partial charge in [-0.1, -0.05) is 0 Å². The molecule has 0 aliphatic carbocycles. The summed E-state index contributed by atoms with van der Waals surface area (Å²) in [4.78, 5) is 4.13. The fourth-order valence-electron chi connectivity index (χ4n) is 1.93. The Kier molecular flexibility index (Phi) is 3.29. The fourth-order valence-corrected chi connectivity index (χ4v) is 1.93. The first-order chi connectivity index (χ1) is 7.73. The van der Waals surface area contributed by atoms with Crippen LogP contribution < -0.4 is 14.8 Å². The SMILES string of the molecule is COc1ncccc1OC1(C)CCNCC1. The van der Waals surface area contributed by atoms with Crippen molar-refractivity contribution in [2.45, 2.75) is 25.4 Å². The van der Waals surface area contributed by atoms with Gasteiger partial charge in [-0.2, -0.15) is 0 Å². The van der Waals surface area contributed by atoms with Crippen molar-refractivity contribution in [2.24, 2.45) is 0 Å². The predicted octanol–water partition coefficient (Wildman–Crippen LogP) is 1.61. The van der Waals surface area contributed by atoms with Crippen LogP contribution in [0.25, 0.3) is 0 Å². The van der Waals surface area contributed by atoms with Crippen LogP contribution in [-0.4, -0.2) is 30.8 Å². The number of methoxy groups -OCH3 is 1. The van der Waals surface area contributed by atoms with Crippen molar-refractivity contribution >= 4 is 0 Å². The number of hydrogen-bond donors (Lipinski definition) is 1. The molecule has 1 N–H and O–H groups in total. The van der Waals surface area contributed by atoms with Gasteiger partial charge in [0.2, 0.25) is 0 Å². The first kappa shape index (κ1) is 11.2. The van der Waals surface area contributed by atoms with Gasteiger partial charge in [0.05, 0.1) is 7.11 Å². The first-order valence-electron chi connectivity index (χ1n) is 5.62. The van der Waals surface area contributed by atoms with Crippen LogP contribution in [0.2, 0.25) is 0 Å². The maximum atomic E-state index is 6.04. The lowest BCUT2D eigenvalue weighted by Crippen LogP contribution is -2.43. The molecule has 1 saturated heterocycles. The zero-order chi connectivity index (χ0) is 11.4. The highest BCUT2D eigenvalue weighted by Crippen LogP contribution is 2.31. The average Bonchev–Trinajstić information content (AvgIpc) is 2.30. The quantitative estimate of drug-likeness (QED) is 0.843. The Morgan fingerprint density at radius 1 is 1.38 bits per heavy atom. The number of ether oxygens (including phenoxy) is 2. The standard InChI is InChI=1S/C12H18N2O2/c1-12(5-8-13-9-6-12)16-10-4-3-7-14-11(10)15-2/h3-4,7,13H,5-6,8-9H2,1-2H3. The van der Waals surface area contributed by atoms with Crippen LogP contribution >= 0.6 is 0 Å². The van der Waals surface area contributed by atoms with Crippen molar-refractivity contribution in [2.75, 3.05) is 20.2 Å². The topological polar surface area (TPSA) is 43.4 Å². The van der Waals surface area contributed by atoms with E-state index < -0.39 is 0 Å². The van der Waals surface area contributed by atoms with E-state index >= 15 is 0 Å². The summed E-state index contributed by atoms with van der Waals surface area (Å²) in [5, 5.41) is 3.33. The third kappa shape index (κ3) is 2.44. The third-order valence-corrected chi connectivity index (χ3v) is 2.95. The zero-order valence-electron chi connectivity index (χ0n) is 9.82. The van der Waals surface area contributed by atoms with Gasteiger partial charge in [-0.25, -0.2) is 4.98 Å². The molecule has 0 aromatic carbocycles. The summed E-state index contributed by atoms with van der Waals surface area (Å²) in [6, 6.07) is 3.77. The summed E-state index contributed by atoms with van der Waals surface area (Å²) in [6.07, 6.45) is 3.71. The molecule has 88 valence electrons. The highest BCUT2D eigenvalue weighted by molar-refractivity contribution is 5.33. The molecule has 1 aliphatic rings. The molecule has 2 rings (SSSR count). The lowest BCUT2D eigenvalue weighted by molar-refractivity contribution is 0.0520. The van der Waals surface area contributed by atoms with Gasteiger partial charge >= 0.3 is 0 Å². The molecule has 1 aromatic rings. The highest BCUT2D eigenvalue weighted by Gasteiger charge is 2.29. The Hall–Kier alpha value is -1.29. The Balaban J connectivity index is 2.12. The number of aromatic nitrogens is 1. The largest absolute Gasteiger partial charge is 0.482 e. The molecular formula is C12H18N2O2. The number of nitrogens with zero attached hydrogens (tertiary/aromatic N) is 1. The second kappa shape index (κ2) is 4.70. The Labute approximate surface area is 96.0 Å². The van der Waals surface area contributed by atoms with E-state index in [1.165, 1.54) is 0 Å². The molecule has 0 atom stereocenters. The lowest BCUT2D eigenvalue weighted by Gasteiger charge is -2.34. The molecule has 16 heavy (non-hydrogen) atoms. The predicted molar refractivity (Wildman–Crippen MR) is 61.9 cm³/mol. The van der Waals surface area contributed by atoms with Crippen molar-refractivity contribution in [3.05, 3.63) is 18.3 Å². The Morgan fingerprint density at radius 2 is 2.12 bits per heavy atom. The van der Waals surface area contributed by atoms with E-state index in [0.29, 0.717) is 5.88 Å². The van der Waals surface area contributed by atoms with Gasteiger partial charge in [0.1, 0.15) is 5.60 Å². The van der Waals surface area contributed by atoms with Gasteiger partial charge in [-0.05, 0) is 45.0 Å². The van der Waals surface area contributed by atoms with Crippen LogP contribution in [-0.2, 0) is 0 Å². The average molecular weight is 222 g/mol. The van der Waals surface area contributed by atoms with E-state index in [1.807, 2.05) is 12.1 Å². The molecule has 1 aliphatic heterocycles. The van der Waals surface area contributed by atoms with E-state index in [-0.39, 0.29) is 5.60 Å². The summed E-state index contributed by atoms with van der Waals surface area (Å²) < 4.78 is 11.2. The second-order valence-electron chi connectivity index (χ2n) is 4.31. The summed E-state index contributed by atoms with van der Waals surface area (Å²) in [6.45, 7) is 4.14. The van der Waals surface area contributed by atoms with Crippen LogP contribution in [0.5, 0.6) is 11.6 Å². The third-order valence-electron chi connectivity index (χ3n) is 2.95. The molecular weight excluding hydrogens is 204 g/mol. The second-order valence-corrected chi connectivity index (χ2v) is 4.31. The summed E-state index contributed by atoms with van der Waals surface area (Å²) in [7, 11) is 1.61. The van der Waals surface area contributed by atoms with Gasteiger partial charge in [-0.15, -0.1) is 0 Å². The van der Waals surface area contributed by atoms with E-state index in [0.717, 1.165) is 31.7 Å². The van der Waals surface area contributed by atoms with Gasteiger partial charge in [-0.3, -0.25) is 0 Å². The van der Waals surface area contributed by atoms with E-state index in [4.69, 9.17) is 9.47 Å². The Morgan fingerprint density at radius 3 is 2.81 bits per heavy atom. The maximum Gasteiger partial charge on any atom is 0.256 e. The normalized spacial score (nSPS) is 19.1. The number of rotatable bonds is 3. The first-order valence-corrected chi connectivity index (χ1v) is 5.62. The molecule has 4 heteroatoms. The maximum absolute atomic E-state index is 6.04. The summed E-state index contributed by atoms with van der Waals surface area (Å²) in [5.41, 5.74) is -0.110. The van der Waals surface area contributed by atoms with E-state index in [9.17, 15) is 0 Å². The van der Waals surface area contributed by atoms with Crippen LogP contribution in [0.3, 0.4) is 0 Å². The number of hydrogen-bond acceptors (Lipinski definition) is 4. The van der Waals surface area contributed by atoms with Gasteiger partial charge < -0.3 is 14.8 Å². The number of piperidine rings is 1. The van der Waals surface area contributed by atoms with Gasteiger partial charge in [0.25, 0.3) is 5.88 Å². The van der Waals surface area contributed by atoms with Crippen LogP contribution in [0.4, 0.5) is 0 Å². The van der Waals surface area contributed by atoms with Crippen molar-refractivity contribution in [1.29, 1.82) is 0 Å². The van der Waals surface area contributed by atoms with Gasteiger partial charge in [0, 0.05) is 6.20 Å². The van der Waals surface area contributed by atoms with E-state index in [2.05, 4.69) is 17.2 Å². The van der Waals surface area contributed by atoms with Crippen molar-refractivity contribution in [3.8, 4) is 11.6 Å². The smallest absolute Gasteiger partial charge is 0.256 e. The minimum atomic E-state index is -0.110. The van der Waals surface area contributed by atoms with Gasteiger partial charge in [0.15, 0.2) is 5.75 Å². The van der Waals surface area contributed by atoms with Crippen LogP contribution in [0, 0.1) is 0 Å². The number of nitrogens with one attached hydrogen (secondary N) is 1. The van der Waals surface area contributed by atoms with Crippen LogP contribution in [0.1, 0.15) is 19.8 Å². The number of pyridine rings is 1. The Bertz CT molecular complexity index is 349. The molecule has 2 heterocycles. The monoisotopic (exact) mass is 222 g/mol. The fraction of sp³-hybridized carbons (Fsp3) is 0.583. The minimum Gasteiger partial charge on any atom is -0.482 e. The molecule has 1 aromatic heterocycles. The zero-order valence-corrected chi connectivity index (χ0v) is 9.82. The van der Waals surface area contributed by atoms with Crippen molar-refractivity contribution < 1.29 is 9.47 Å². The summed E-state index contributed by atoms with van der Waals surface area (Å²) in [5.74, 6) is 1.29. The van der Waals surface area contributed by atoms with Crippen molar-refractivity contribution in [1.82, 2.24) is 10.3 Å². The highest BCUT2D eigenvalue weighted by atomic mass is 16.5. The lowest BCUT2D eigenvalue weighted by atomic mass is 9.94. The minimum absolute atomic E-state index is 0.110. The molecule has 0 bridgehead atoms. The molecule has 0 saturated carbocycles. The molecule has 4 nitrogen and oxygen atoms in total. The molecule has 0 unspecified atom stereocenters. The molecule has 0 spiro atoms. The molecule has 0 radical (unpaired) electrons. The summed E-state index contributed by atoms with van der Waals surface area (Å²) >= 11 is 0. The van der Waals surface area contributed by atoms with Crippen LogP contribution in [0.15, 0.2) is 18.3 Å². The van der Waals surface area contributed by atoms with Crippen molar-refractivity contribution in [3.63, 3.8) is 0 Å². The van der Waals surface area contributed by atoms with E-state index in [1.54, 1.807) is 13.3 Å². The molecule has 0 amide bonds.